The number of carbonyl (C=O) groups is 1. The number of hydrogen-bond donors (Lipinski definition) is 1. The molecule has 3 nitrogen and oxygen atoms in total. The molecule has 1 aromatic rings. The second-order valence-electron chi connectivity index (χ2n) is 4.75. The first kappa shape index (κ1) is 12.9. The molecule has 94 valence electrons. The Hall–Kier alpha value is -1.53. The molecule has 0 aliphatic heterocycles. The highest BCUT2D eigenvalue weighted by Crippen LogP contribution is 2.43. The molecule has 0 unspecified atom stereocenters. The molecule has 1 fully saturated rings. The summed E-state index contributed by atoms with van der Waals surface area (Å²) < 4.78 is 0. The van der Waals surface area contributed by atoms with Gasteiger partial charge in [0.2, 0.25) is 5.91 Å². The second kappa shape index (κ2) is 5.41. The van der Waals surface area contributed by atoms with Crippen LogP contribution in [0.25, 0.3) is 0 Å². The summed E-state index contributed by atoms with van der Waals surface area (Å²) in [6.45, 7) is 0.606. The van der Waals surface area contributed by atoms with E-state index in [1.54, 1.807) is 0 Å². The fourth-order valence-corrected chi connectivity index (χ4v) is 2.50. The van der Waals surface area contributed by atoms with E-state index in [1.807, 2.05) is 30.3 Å². The van der Waals surface area contributed by atoms with Gasteiger partial charge in [0.1, 0.15) is 6.42 Å². The fourth-order valence-electron chi connectivity index (χ4n) is 2.38. The quantitative estimate of drug-likeness (QED) is 0.907. The van der Waals surface area contributed by atoms with Gasteiger partial charge in [-0.1, -0.05) is 30.2 Å². The van der Waals surface area contributed by atoms with Crippen LogP contribution in [0.2, 0.25) is 5.02 Å². The van der Waals surface area contributed by atoms with Gasteiger partial charge in [-0.05, 0) is 30.5 Å². The third kappa shape index (κ3) is 2.65. The molecule has 1 saturated carbocycles. The molecule has 0 heterocycles. The third-order valence-corrected chi connectivity index (χ3v) is 3.88. The maximum atomic E-state index is 11.4. The average molecular weight is 263 g/mol. The van der Waals surface area contributed by atoms with Crippen molar-refractivity contribution in [2.75, 3.05) is 6.54 Å². The minimum Gasteiger partial charge on any atom is -0.354 e. The van der Waals surface area contributed by atoms with Crippen molar-refractivity contribution >= 4 is 17.5 Å². The summed E-state index contributed by atoms with van der Waals surface area (Å²) in [5.41, 5.74) is 1.26. The van der Waals surface area contributed by atoms with Gasteiger partial charge in [0.05, 0.1) is 6.07 Å². The Morgan fingerprint density at radius 1 is 1.39 bits per heavy atom. The Balaban J connectivity index is 2.05. The predicted octanol–water partition coefficient (Wildman–Crippen LogP) is 2.79. The molecule has 1 aliphatic carbocycles. The highest BCUT2D eigenvalue weighted by atomic mass is 35.5. The summed E-state index contributed by atoms with van der Waals surface area (Å²) in [7, 11) is 0. The first-order chi connectivity index (χ1) is 8.66. The second-order valence-corrected chi connectivity index (χ2v) is 5.19. The lowest BCUT2D eigenvalue weighted by Gasteiger charge is -2.42. The fraction of sp³-hybridized carbons (Fsp3) is 0.429. The predicted molar refractivity (Wildman–Crippen MR) is 70.2 cm³/mol. The standard InChI is InChI=1S/C14H15ClN2O/c15-12-4-2-11(3-5-12)14(7-1-8-14)10-17-13(18)6-9-16/h2-5H,1,6-8,10H2,(H,17,18). The molecule has 0 spiro atoms. The highest BCUT2D eigenvalue weighted by Gasteiger charge is 2.38. The van der Waals surface area contributed by atoms with Gasteiger partial charge in [-0.15, -0.1) is 0 Å². The minimum atomic E-state index is -0.197. The normalized spacial score (nSPS) is 16.4. The molecule has 1 N–H and O–H groups in total. The largest absolute Gasteiger partial charge is 0.354 e. The number of nitrogens with one attached hydrogen (secondary N) is 1. The van der Waals surface area contributed by atoms with Gasteiger partial charge in [0.25, 0.3) is 0 Å². The van der Waals surface area contributed by atoms with Gasteiger partial charge < -0.3 is 5.32 Å². The molecule has 2 rings (SSSR count). The molecule has 0 bridgehead atoms. The highest BCUT2D eigenvalue weighted by molar-refractivity contribution is 6.30. The van der Waals surface area contributed by atoms with Crippen molar-refractivity contribution in [2.45, 2.75) is 31.1 Å². The van der Waals surface area contributed by atoms with Crippen LogP contribution < -0.4 is 5.32 Å². The number of rotatable bonds is 4. The maximum absolute atomic E-state index is 11.4. The van der Waals surface area contributed by atoms with Crippen LogP contribution in [0, 0.1) is 11.3 Å². The van der Waals surface area contributed by atoms with Crippen LogP contribution in [0.15, 0.2) is 24.3 Å². The van der Waals surface area contributed by atoms with Crippen molar-refractivity contribution in [1.29, 1.82) is 5.26 Å². The minimum absolute atomic E-state index is 0.0374. The zero-order valence-corrected chi connectivity index (χ0v) is 10.8. The topological polar surface area (TPSA) is 52.9 Å². The number of carbonyl (C=O) groups excluding carboxylic acids is 1. The van der Waals surface area contributed by atoms with E-state index < -0.39 is 0 Å². The first-order valence-electron chi connectivity index (χ1n) is 6.06. The number of benzene rings is 1. The van der Waals surface area contributed by atoms with Crippen LogP contribution in [0.5, 0.6) is 0 Å². The van der Waals surface area contributed by atoms with Crippen molar-refractivity contribution in [1.82, 2.24) is 5.32 Å². The monoisotopic (exact) mass is 262 g/mol. The van der Waals surface area contributed by atoms with Gasteiger partial charge in [-0.25, -0.2) is 0 Å². The van der Waals surface area contributed by atoms with Crippen molar-refractivity contribution in [3.8, 4) is 6.07 Å². The Morgan fingerprint density at radius 2 is 2.06 bits per heavy atom. The zero-order valence-electron chi connectivity index (χ0n) is 10.1. The lowest BCUT2D eigenvalue weighted by Crippen LogP contribution is -2.45. The lowest BCUT2D eigenvalue weighted by molar-refractivity contribution is -0.120. The lowest BCUT2D eigenvalue weighted by atomic mass is 9.64. The van der Waals surface area contributed by atoms with E-state index in [1.165, 1.54) is 12.0 Å². The van der Waals surface area contributed by atoms with Crippen LogP contribution in [-0.2, 0) is 10.2 Å². The van der Waals surface area contributed by atoms with Crippen molar-refractivity contribution < 1.29 is 4.79 Å². The molecule has 18 heavy (non-hydrogen) atoms. The molecule has 0 aromatic heterocycles. The molecule has 0 atom stereocenters. The molecule has 1 amide bonds. The molecular weight excluding hydrogens is 248 g/mol. The van der Waals surface area contributed by atoms with Crippen LogP contribution in [0.1, 0.15) is 31.2 Å². The van der Waals surface area contributed by atoms with E-state index in [2.05, 4.69) is 5.32 Å². The molecule has 0 saturated heterocycles. The zero-order chi connectivity index (χ0) is 13.0. The summed E-state index contributed by atoms with van der Waals surface area (Å²) in [5.74, 6) is -0.197. The van der Waals surface area contributed by atoms with Crippen LogP contribution >= 0.6 is 11.6 Å². The Morgan fingerprint density at radius 3 is 2.56 bits per heavy atom. The van der Waals surface area contributed by atoms with Crippen molar-refractivity contribution in [3.63, 3.8) is 0 Å². The maximum Gasteiger partial charge on any atom is 0.234 e. The van der Waals surface area contributed by atoms with Gasteiger partial charge in [-0.3, -0.25) is 4.79 Å². The summed E-state index contributed by atoms with van der Waals surface area (Å²) in [4.78, 5) is 11.4. The number of halogens is 1. The summed E-state index contributed by atoms with van der Waals surface area (Å²) in [6.07, 6.45) is 3.25. The summed E-state index contributed by atoms with van der Waals surface area (Å²) in [6, 6.07) is 9.67. The van der Waals surface area contributed by atoms with E-state index in [-0.39, 0.29) is 17.7 Å². The Labute approximate surface area is 112 Å². The molecule has 0 radical (unpaired) electrons. The number of hydrogen-bond acceptors (Lipinski definition) is 2. The smallest absolute Gasteiger partial charge is 0.234 e. The van der Waals surface area contributed by atoms with Crippen LogP contribution in [-0.4, -0.2) is 12.5 Å². The molecule has 4 heteroatoms. The number of nitriles is 1. The van der Waals surface area contributed by atoms with Crippen molar-refractivity contribution in [2.24, 2.45) is 0 Å². The van der Waals surface area contributed by atoms with E-state index in [9.17, 15) is 4.79 Å². The SMILES string of the molecule is N#CCC(=O)NCC1(c2ccc(Cl)cc2)CCC1. The summed E-state index contributed by atoms with van der Waals surface area (Å²) in [5, 5.41) is 12.0. The van der Waals surface area contributed by atoms with Gasteiger partial charge in [0.15, 0.2) is 0 Å². The van der Waals surface area contributed by atoms with Gasteiger partial charge in [0, 0.05) is 17.0 Å². The van der Waals surface area contributed by atoms with Crippen LogP contribution in [0.3, 0.4) is 0 Å². The van der Waals surface area contributed by atoms with E-state index in [0.29, 0.717) is 6.54 Å². The van der Waals surface area contributed by atoms with E-state index in [0.717, 1.165) is 17.9 Å². The Kier molecular flexibility index (Phi) is 3.88. The first-order valence-corrected chi connectivity index (χ1v) is 6.44. The molecule has 1 aromatic carbocycles. The van der Waals surface area contributed by atoms with E-state index >= 15 is 0 Å². The van der Waals surface area contributed by atoms with Crippen LogP contribution in [0.4, 0.5) is 0 Å². The Bertz CT molecular complexity index is 472. The third-order valence-electron chi connectivity index (χ3n) is 3.63. The number of amides is 1. The van der Waals surface area contributed by atoms with Gasteiger partial charge >= 0.3 is 0 Å². The number of nitrogens with zero attached hydrogens (tertiary/aromatic N) is 1. The van der Waals surface area contributed by atoms with Crippen molar-refractivity contribution in [3.05, 3.63) is 34.9 Å². The average Bonchev–Trinajstić information content (AvgIpc) is 2.30. The molecular formula is C14H15ClN2O. The molecule has 1 aliphatic rings. The summed E-state index contributed by atoms with van der Waals surface area (Å²) >= 11 is 5.89. The van der Waals surface area contributed by atoms with E-state index in [4.69, 9.17) is 16.9 Å². The van der Waals surface area contributed by atoms with Gasteiger partial charge in [-0.2, -0.15) is 5.26 Å².